The van der Waals surface area contributed by atoms with Crippen LogP contribution in [0.2, 0.25) is 0 Å². The number of ether oxygens (including phenoxy) is 1. The maximum absolute atomic E-state index is 12.9. The molecule has 0 amide bonds. The lowest BCUT2D eigenvalue weighted by Crippen LogP contribution is -2.30. The highest BCUT2D eigenvalue weighted by Crippen LogP contribution is 2.48. The van der Waals surface area contributed by atoms with Gasteiger partial charge in [0.2, 0.25) is 0 Å². The molecular formula is C18H16O2. The number of benzene rings is 1. The number of fused-ring (bicyclic) bond motifs is 2. The van der Waals surface area contributed by atoms with Crippen LogP contribution in [0.25, 0.3) is 0 Å². The number of hydrogen-bond acceptors (Lipinski definition) is 2. The molecule has 3 aliphatic rings. The summed E-state index contributed by atoms with van der Waals surface area (Å²) in [6.45, 7) is 0. The quantitative estimate of drug-likeness (QED) is 0.779. The van der Waals surface area contributed by atoms with E-state index in [1.807, 2.05) is 18.2 Å². The summed E-state index contributed by atoms with van der Waals surface area (Å²) in [5.41, 5.74) is 3.43. The highest BCUT2D eigenvalue weighted by molar-refractivity contribution is 5.98. The molecule has 1 aromatic carbocycles. The maximum Gasteiger partial charge on any atom is 0.154 e. The lowest BCUT2D eigenvalue weighted by Gasteiger charge is -2.20. The fraction of sp³-hybridized carbons (Fsp3) is 0.278. The summed E-state index contributed by atoms with van der Waals surface area (Å²) < 4.78 is 5.26. The highest BCUT2D eigenvalue weighted by Gasteiger charge is 2.49. The van der Waals surface area contributed by atoms with Crippen molar-refractivity contribution in [1.29, 1.82) is 0 Å². The minimum absolute atomic E-state index is 0.121. The topological polar surface area (TPSA) is 26.3 Å². The molecule has 1 unspecified atom stereocenters. The van der Waals surface area contributed by atoms with E-state index in [-0.39, 0.29) is 11.3 Å². The molecule has 2 nitrogen and oxygen atoms in total. The van der Waals surface area contributed by atoms with Gasteiger partial charge in [-0.1, -0.05) is 36.4 Å². The van der Waals surface area contributed by atoms with E-state index in [1.165, 1.54) is 11.1 Å². The largest absolute Gasteiger partial charge is 0.497 e. The molecule has 0 aliphatic heterocycles. The molecule has 0 aromatic heterocycles. The third-order valence-corrected chi connectivity index (χ3v) is 4.71. The van der Waals surface area contributed by atoms with Crippen molar-refractivity contribution in [2.24, 2.45) is 11.3 Å². The number of allylic oxidation sites excluding steroid dienone is 5. The van der Waals surface area contributed by atoms with Gasteiger partial charge in [0, 0.05) is 0 Å². The second-order valence-electron chi connectivity index (χ2n) is 5.87. The first kappa shape index (κ1) is 11.7. The monoisotopic (exact) mass is 264 g/mol. The predicted molar refractivity (Wildman–Crippen MR) is 77.1 cm³/mol. The van der Waals surface area contributed by atoms with E-state index in [1.54, 1.807) is 7.11 Å². The average Bonchev–Trinajstić information content (AvgIpc) is 2.97. The third-order valence-electron chi connectivity index (χ3n) is 4.71. The van der Waals surface area contributed by atoms with Crippen LogP contribution < -0.4 is 0 Å². The average molecular weight is 264 g/mol. The van der Waals surface area contributed by atoms with Gasteiger partial charge in [-0.3, -0.25) is 4.79 Å². The summed E-state index contributed by atoms with van der Waals surface area (Å²) in [5, 5.41) is 0. The minimum Gasteiger partial charge on any atom is -0.497 e. The molecule has 1 atom stereocenters. The van der Waals surface area contributed by atoms with Crippen molar-refractivity contribution in [3.8, 4) is 0 Å². The van der Waals surface area contributed by atoms with E-state index < -0.39 is 0 Å². The van der Waals surface area contributed by atoms with Crippen molar-refractivity contribution in [3.63, 3.8) is 0 Å². The zero-order valence-corrected chi connectivity index (χ0v) is 11.4. The first-order valence-electron chi connectivity index (χ1n) is 7.00. The first-order valence-corrected chi connectivity index (χ1v) is 7.00. The zero-order valence-electron chi connectivity index (χ0n) is 11.4. The molecule has 3 aliphatic carbocycles. The van der Waals surface area contributed by atoms with Crippen molar-refractivity contribution in [2.75, 3.05) is 7.11 Å². The van der Waals surface area contributed by atoms with E-state index in [9.17, 15) is 4.79 Å². The van der Waals surface area contributed by atoms with E-state index in [0.29, 0.717) is 5.78 Å². The number of methoxy groups -OCH3 is 1. The van der Waals surface area contributed by atoms with Crippen LogP contribution >= 0.6 is 0 Å². The van der Waals surface area contributed by atoms with Gasteiger partial charge in [0.05, 0.1) is 18.4 Å². The van der Waals surface area contributed by atoms with Crippen LogP contribution in [0.15, 0.2) is 59.9 Å². The molecule has 0 bridgehead atoms. The van der Waals surface area contributed by atoms with Crippen LogP contribution in [0.3, 0.4) is 0 Å². The Morgan fingerprint density at radius 3 is 2.50 bits per heavy atom. The van der Waals surface area contributed by atoms with Crippen molar-refractivity contribution < 1.29 is 9.53 Å². The van der Waals surface area contributed by atoms with Gasteiger partial charge in [-0.15, -0.1) is 0 Å². The van der Waals surface area contributed by atoms with Gasteiger partial charge in [-0.05, 0) is 41.7 Å². The molecule has 100 valence electrons. The Morgan fingerprint density at radius 1 is 1.15 bits per heavy atom. The Labute approximate surface area is 118 Å². The van der Waals surface area contributed by atoms with Gasteiger partial charge in [0.15, 0.2) is 5.78 Å². The molecule has 0 radical (unpaired) electrons. The molecular weight excluding hydrogens is 248 g/mol. The number of rotatable bonds is 1. The molecule has 0 fully saturated rings. The fourth-order valence-electron chi connectivity index (χ4n) is 3.72. The van der Waals surface area contributed by atoms with Crippen LogP contribution in [0.5, 0.6) is 0 Å². The Bertz CT molecular complexity index is 666. The summed E-state index contributed by atoms with van der Waals surface area (Å²) in [7, 11) is 1.64. The van der Waals surface area contributed by atoms with Crippen molar-refractivity contribution in [2.45, 2.75) is 12.8 Å². The van der Waals surface area contributed by atoms with E-state index in [4.69, 9.17) is 4.74 Å². The molecule has 4 rings (SSSR count). The predicted octanol–water partition coefficient (Wildman–Crippen LogP) is 3.00. The van der Waals surface area contributed by atoms with Crippen LogP contribution in [0.4, 0.5) is 0 Å². The van der Waals surface area contributed by atoms with Crippen molar-refractivity contribution in [1.82, 2.24) is 0 Å². The van der Waals surface area contributed by atoms with E-state index >= 15 is 0 Å². The molecule has 0 saturated carbocycles. The lowest BCUT2D eigenvalue weighted by molar-refractivity contribution is -0.126. The molecule has 0 N–H and O–H groups in total. The van der Waals surface area contributed by atoms with Gasteiger partial charge >= 0.3 is 0 Å². The highest BCUT2D eigenvalue weighted by atomic mass is 16.5. The van der Waals surface area contributed by atoms with Crippen molar-refractivity contribution >= 4 is 5.78 Å². The minimum atomic E-state index is -0.326. The Morgan fingerprint density at radius 2 is 1.85 bits per heavy atom. The van der Waals surface area contributed by atoms with Crippen LogP contribution in [0, 0.1) is 11.3 Å². The molecule has 1 spiro atoms. The summed E-state index contributed by atoms with van der Waals surface area (Å²) in [6.07, 6.45) is 9.79. The molecule has 0 saturated heterocycles. The number of ketones is 1. The Hall–Kier alpha value is -2.09. The first-order chi connectivity index (χ1) is 9.72. The third kappa shape index (κ3) is 1.48. The smallest absolute Gasteiger partial charge is 0.154 e. The zero-order chi connectivity index (χ0) is 13.7. The lowest BCUT2D eigenvalue weighted by atomic mass is 9.80. The normalized spacial score (nSPS) is 25.2. The number of carbonyl (C=O) groups excluding carboxylic acids is 1. The summed E-state index contributed by atoms with van der Waals surface area (Å²) in [4.78, 5) is 12.9. The molecule has 2 heteroatoms. The van der Waals surface area contributed by atoms with Gasteiger partial charge in [-0.25, -0.2) is 0 Å². The number of hydrogen-bond donors (Lipinski definition) is 0. The van der Waals surface area contributed by atoms with E-state index in [0.717, 1.165) is 24.2 Å². The molecule has 0 heterocycles. The second-order valence-corrected chi connectivity index (χ2v) is 5.87. The van der Waals surface area contributed by atoms with Gasteiger partial charge in [0.1, 0.15) is 5.76 Å². The van der Waals surface area contributed by atoms with Gasteiger partial charge in [-0.2, -0.15) is 0 Å². The summed E-state index contributed by atoms with van der Waals surface area (Å²) >= 11 is 0. The number of Topliss-reactive ketones (excluding diaryl/α,β-unsaturated/α-hetero) is 1. The second kappa shape index (κ2) is 3.95. The van der Waals surface area contributed by atoms with Crippen molar-refractivity contribution in [3.05, 3.63) is 71.0 Å². The Balaban J connectivity index is 1.74. The molecule has 1 aromatic rings. The SMILES string of the molecule is COC1=CC2C(=O)C3(C=C2C=C1)Cc1ccccc1C3. The van der Waals surface area contributed by atoms with E-state index in [2.05, 4.69) is 30.3 Å². The van der Waals surface area contributed by atoms with Crippen LogP contribution in [-0.2, 0) is 22.4 Å². The maximum atomic E-state index is 12.9. The Kier molecular flexibility index (Phi) is 2.31. The molecule has 20 heavy (non-hydrogen) atoms. The summed E-state index contributed by atoms with van der Waals surface area (Å²) in [6, 6.07) is 8.40. The standard InChI is InChI=1S/C18H16O2/c1-20-15-7-6-14-11-18(17(19)16(14)8-15)9-12-4-2-3-5-13(12)10-18/h2-8,11,16H,9-10H2,1H3. The van der Waals surface area contributed by atoms with Crippen LogP contribution in [-0.4, -0.2) is 12.9 Å². The number of carbonyl (C=O) groups is 1. The van der Waals surface area contributed by atoms with Crippen LogP contribution in [0.1, 0.15) is 11.1 Å². The summed E-state index contributed by atoms with van der Waals surface area (Å²) in [5.74, 6) is 0.986. The van der Waals surface area contributed by atoms with Gasteiger partial charge in [0.25, 0.3) is 0 Å². The fourth-order valence-corrected chi connectivity index (χ4v) is 3.72. The van der Waals surface area contributed by atoms with Gasteiger partial charge < -0.3 is 4.74 Å².